The molecule has 2 heterocycles. The predicted molar refractivity (Wildman–Crippen MR) is 105 cm³/mol. The Hall–Kier alpha value is -3.58. The number of benzene rings is 2. The SMILES string of the molecule is O=C(Nc1ccc(-c2ccco2)c2c1C(=O)NC2)c1ccc(NCCO)cc1. The zero-order valence-corrected chi connectivity index (χ0v) is 15.0. The highest BCUT2D eigenvalue weighted by atomic mass is 16.3. The average molecular weight is 377 g/mol. The average Bonchev–Trinajstić information content (AvgIpc) is 3.38. The molecule has 0 saturated heterocycles. The summed E-state index contributed by atoms with van der Waals surface area (Å²) in [7, 11) is 0. The number of carbonyl (C=O) groups excluding carboxylic acids is 2. The van der Waals surface area contributed by atoms with Crippen molar-refractivity contribution < 1.29 is 19.1 Å². The van der Waals surface area contributed by atoms with Gasteiger partial charge in [0.25, 0.3) is 11.8 Å². The lowest BCUT2D eigenvalue weighted by Crippen LogP contribution is -2.17. The van der Waals surface area contributed by atoms with Crippen LogP contribution in [0.4, 0.5) is 11.4 Å². The molecule has 0 bridgehead atoms. The molecule has 0 radical (unpaired) electrons. The molecule has 0 unspecified atom stereocenters. The fourth-order valence-corrected chi connectivity index (χ4v) is 3.25. The Kier molecular flexibility index (Phi) is 4.82. The van der Waals surface area contributed by atoms with E-state index in [0.717, 1.165) is 16.8 Å². The van der Waals surface area contributed by atoms with Gasteiger partial charge in [-0.1, -0.05) is 0 Å². The second-order valence-corrected chi connectivity index (χ2v) is 6.36. The van der Waals surface area contributed by atoms with Gasteiger partial charge in [-0.3, -0.25) is 9.59 Å². The van der Waals surface area contributed by atoms with E-state index >= 15 is 0 Å². The second kappa shape index (κ2) is 7.58. The van der Waals surface area contributed by atoms with Crippen molar-refractivity contribution in [3.63, 3.8) is 0 Å². The van der Waals surface area contributed by atoms with Gasteiger partial charge in [0.05, 0.1) is 24.1 Å². The highest BCUT2D eigenvalue weighted by molar-refractivity contribution is 6.11. The van der Waals surface area contributed by atoms with Crippen LogP contribution in [0.2, 0.25) is 0 Å². The topological polar surface area (TPSA) is 104 Å². The Morgan fingerprint density at radius 1 is 1.14 bits per heavy atom. The fraction of sp³-hybridized carbons (Fsp3) is 0.143. The monoisotopic (exact) mass is 377 g/mol. The molecule has 3 aromatic rings. The number of hydrogen-bond acceptors (Lipinski definition) is 5. The van der Waals surface area contributed by atoms with Gasteiger partial charge in [-0.05, 0) is 54.1 Å². The van der Waals surface area contributed by atoms with Gasteiger partial charge in [0.15, 0.2) is 0 Å². The highest BCUT2D eigenvalue weighted by Crippen LogP contribution is 2.34. The van der Waals surface area contributed by atoms with Gasteiger partial charge in [-0.15, -0.1) is 0 Å². The molecule has 4 rings (SSSR count). The molecule has 0 saturated carbocycles. The molecule has 0 spiro atoms. The molecule has 0 fully saturated rings. The van der Waals surface area contributed by atoms with E-state index in [4.69, 9.17) is 9.52 Å². The number of rotatable bonds is 6. The first-order chi connectivity index (χ1) is 13.7. The largest absolute Gasteiger partial charge is 0.464 e. The molecule has 7 heteroatoms. The van der Waals surface area contributed by atoms with Gasteiger partial charge in [0, 0.05) is 29.9 Å². The van der Waals surface area contributed by atoms with Crippen LogP contribution in [0.3, 0.4) is 0 Å². The lowest BCUT2D eigenvalue weighted by molar-refractivity contribution is 0.0966. The third-order valence-electron chi connectivity index (χ3n) is 4.59. The standard InChI is InChI=1S/C21H19N3O4/c25-10-9-22-14-5-3-13(4-6-14)20(26)24-17-8-7-15(18-2-1-11-28-18)16-12-23-21(27)19(16)17/h1-8,11,22,25H,9-10,12H2,(H,23,27)(H,24,26). The van der Waals surface area contributed by atoms with Gasteiger partial charge >= 0.3 is 0 Å². The predicted octanol–water partition coefficient (Wildman–Crippen LogP) is 2.85. The first kappa shape index (κ1) is 17.8. The van der Waals surface area contributed by atoms with E-state index in [2.05, 4.69) is 16.0 Å². The third kappa shape index (κ3) is 3.35. The van der Waals surface area contributed by atoms with Crippen molar-refractivity contribution in [2.45, 2.75) is 6.54 Å². The van der Waals surface area contributed by atoms with Gasteiger partial charge in [0.1, 0.15) is 5.76 Å². The smallest absolute Gasteiger partial charge is 0.255 e. The summed E-state index contributed by atoms with van der Waals surface area (Å²) >= 11 is 0. The van der Waals surface area contributed by atoms with Crippen molar-refractivity contribution in [2.75, 3.05) is 23.8 Å². The Balaban J connectivity index is 1.59. The zero-order valence-electron chi connectivity index (χ0n) is 15.0. The van der Waals surface area contributed by atoms with Crippen LogP contribution in [0.1, 0.15) is 26.3 Å². The molecular weight excluding hydrogens is 358 g/mol. The lowest BCUT2D eigenvalue weighted by Gasteiger charge is -2.12. The van der Waals surface area contributed by atoms with Crippen molar-refractivity contribution in [1.82, 2.24) is 5.32 Å². The van der Waals surface area contributed by atoms with Crippen LogP contribution in [-0.4, -0.2) is 30.1 Å². The van der Waals surface area contributed by atoms with Gasteiger partial charge in [-0.25, -0.2) is 0 Å². The Labute approximate surface area is 161 Å². The zero-order chi connectivity index (χ0) is 19.5. The Morgan fingerprint density at radius 2 is 1.96 bits per heavy atom. The van der Waals surface area contributed by atoms with E-state index in [0.29, 0.717) is 35.7 Å². The molecule has 2 amide bonds. The molecule has 7 nitrogen and oxygen atoms in total. The van der Waals surface area contributed by atoms with Gasteiger partial charge in [-0.2, -0.15) is 0 Å². The molecule has 0 atom stereocenters. The van der Waals surface area contributed by atoms with E-state index in [1.54, 1.807) is 42.7 Å². The first-order valence-electron chi connectivity index (χ1n) is 8.91. The van der Waals surface area contributed by atoms with Crippen molar-refractivity contribution in [3.8, 4) is 11.3 Å². The van der Waals surface area contributed by atoms with Crippen molar-refractivity contribution in [1.29, 1.82) is 0 Å². The minimum absolute atomic E-state index is 0.0312. The van der Waals surface area contributed by atoms with Crippen molar-refractivity contribution in [2.24, 2.45) is 0 Å². The third-order valence-corrected chi connectivity index (χ3v) is 4.59. The molecule has 4 N–H and O–H groups in total. The number of amides is 2. The van der Waals surface area contributed by atoms with E-state index in [1.165, 1.54) is 0 Å². The van der Waals surface area contributed by atoms with Gasteiger partial charge in [0.2, 0.25) is 0 Å². The number of fused-ring (bicyclic) bond motifs is 1. The van der Waals surface area contributed by atoms with E-state index < -0.39 is 0 Å². The molecule has 2 aromatic carbocycles. The van der Waals surface area contributed by atoms with Crippen LogP contribution in [0.15, 0.2) is 59.2 Å². The van der Waals surface area contributed by atoms with Crippen LogP contribution >= 0.6 is 0 Å². The number of anilines is 2. The summed E-state index contributed by atoms with van der Waals surface area (Å²) in [6.07, 6.45) is 1.58. The molecular formula is C21H19N3O4. The molecule has 1 aliphatic heterocycles. The summed E-state index contributed by atoms with van der Waals surface area (Å²) in [5.74, 6) is 0.153. The van der Waals surface area contributed by atoms with Gasteiger partial charge < -0.3 is 25.5 Å². The minimum Gasteiger partial charge on any atom is -0.464 e. The maximum atomic E-state index is 12.6. The number of aliphatic hydroxyl groups is 1. The quantitative estimate of drug-likeness (QED) is 0.529. The Morgan fingerprint density at radius 3 is 2.68 bits per heavy atom. The number of nitrogens with one attached hydrogen (secondary N) is 3. The number of furan rings is 1. The van der Waals surface area contributed by atoms with E-state index in [-0.39, 0.29) is 18.4 Å². The summed E-state index contributed by atoms with van der Waals surface area (Å²) in [5.41, 5.74) is 3.85. The number of aliphatic hydroxyl groups excluding tert-OH is 1. The summed E-state index contributed by atoms with van der Waals surface area (Å²) in [4.78, 5) is 25.0. The Bertz CT molecular complexity index is 1010. The molecule has 0 aliphatic carbocycles. The van der Waals surface area contributed by atoms with Crippen LogP contribution in [-0.2, 0) is 6.54 Å². The summed E-state index contributed by atoms with van der Waals surface area (Å²) in [6, 6.07) is 14.1. The normalized spacial score (nSPS) is 12.4. The molecule has 1 aromatic heterocycles. The second-order valence-electron chi connectivity index (χ2n) is 6.36. The van der Waals surface area contributed by atoms with Crippen LogP contribution in [0, 0.1) is 0 Å². The molecule has 28 heavy (non-hydrogen) atoms. The van der Waals surface area contributed by atoms with Crippen molar-refractivity contribution >= 4 is 23.2 Å². The van der Waals surface area contributed by atoms with Crippen molar-refractivity contribution in [3.05, 3.63) is 71.5 Å². The lowest BCUT2D eigenvalue weighted by atomic mass is 9.99. The minimum atomic E-state index is -0.304. The van der Waals surface area contributed by atoms with Crippen LogP contribution in [0.25, 0.3) is 11.3 Å². The summed E-state index contributed by atoms with van der Waals surface area (Å²) in [5, 5.41) is 17.5. The maximum Gasteiger partial charge on any atom is 0.255 e. The van der Waals surface area contributed by atoms with Crippen LogP contribution < -0.4 is 16.0 Å². The summed E-state index contributed by atoms with van der Waals surface area (Å²) < 4.78 is 5.46. The number of hydrogen-bond donors (Lipinski definition) is 4. The number of carbonyl (C=O) groups is 2. The molecule has 1 aliphatic rings. The van der Waals surface area contributed by atoms with Crippen LogP contribution in [0.5, 0.6) is 0 Å². The molecule has 142 valence electrons. The first-order valence-corrected chi connectivity index (χ1v) is 8.91. The summed E-state index contributed by atoms with van der Waals surface area (Å²) in [6.45, 7) is 0.858. The van der Waals surface area contributed by atoms with E-state index in [1.807, 2.05) is 12.1 Å². The van der Waals surface area contributed by atoms with E-state index in [9.17, 15) is 9.59 Å². The fourth-order valence-electron chi connectivity index (χ4n) is 3.25. The highest BCUT2D eigenvalue weighted by Gasteiger charge is 2.27. The maximum absolute atomic E-state index is 12.6.